The Kier molecular flexibility index (Phi) is 4.39. The summed E-state index contributed by atoms with van der Waals surface area (Å²) in [4.78, 5) is 0. The van der Waals surface area contributed by atoms with Crippen molar-refractivity contribution in [2.24, 2.45) is 5.92 Å². The molecule has 0 nitrogen and oxygen atoms in total. The Hall–Kier alpha value is 0.920. The zero-order valence-corrected chi connectivity index (χ0v) is 10.7. The van der Waals surface area contributed by atoms with E-state index in [0.717, 1.165) is 5.33 Å². The number of hydrogen-bond donors (Lipinski definition) is 0. The second kappa shape index (κ2) is 4.83. The van der Waals surface area contributed by atoms with E-state index in [4.69, 9.17) is 0 Å². The third kappa shape index (κ3) is 2.71. The van der Waals surface area contributed by atoms with Crippen LogP contribution in [-0.2, 0) is 0 Å². The van der Waals surface area contributed by atoms with Gasteiger partial charge in [0.05, 0.1) is 0 Å². The zero-order valence-electron chi connectivity index (χ0n) is 5.99. The molecule has 0 heterocycles. The first-order valence-electron chi connectivity index (χ1n) is 3.55. The molecule has 1 unspecified atom stereocenters. The molecule has 0 aromatic rings. The minimum absolute atomic E-state index is 0.599. The summed E-state index contributed by atoms with van der Waals surface area (Å²) in [5.74, 6) is 0.599. The van der Waals surface area contributed by atoms with Gasteiger partial charge in [-0.3, -0.25) is 0 Å². The van der Waals surface area contributed by atoms with Gasteiger partial charge in [-0.05, 0) is 28.8 Å². The summed E-state index contributed by atoms with van der Waals surface area (Å²) in [5, 5.41) is 1.09. The van der Waals surface area contributed by atoms with Gasteiger partial charge in [0.15, 0.2) is 0 Å². The Morgan fingerprint density at radius 3 is 2.55 bits per heavy atom. The summed E-state index contributed by atoms with van der Waals surface area (Å²) in [7, 11) is 0. The van der Waals surface area contributed by atoms with Gasteiger partial charge in [0, 0.05) is 20.2 Å². The third-order valence-corrected chi connectivity index (χ3v) is 4.48. The molecule has 0 aromatic heterocycles. The van der Waals surface area contributed by atoms with E-state index in [-0.39, 0.29) is 0 Å². The van der Waals surface area contributed by atoms with Crippen LogP contribution in [0.25, 0.3) is 0 Å². The second-order valence-corrected chi connectivity index (χ2v) is 4.99. The number of halogens is 3. The first-order valence-corrected chi connectivity index (χ1v) is 6.25. The molecular weight excluding hydrogens is 336 g/mol. The van der Waals surface area contributed by atoms with Gasteiger partial charge in [-0.1, -0.05) is 44.0 Å². The van der Waals surface area contributed by atoms with Crippen molar-refractivity contribution < 1.29 is 0 Å². The quantitative estimate of drug-likeness (QED) is 0.668. The van der Waals surface area contributed by atoms with Crippen LogP contribution >= 0.6 is 47.8 Å². The van der Waals surface area contributed by atoms with Crippen molar-refractivity contribution in [3.05, 3.63) is 21.1 Å². The summed E-state index contributed by atoms with van der Waals surface area (Å²) in [6.07, 6.45) is 6.79. The van der Waals surface area contributed by atoms with Crippen LogP contribution in [0, 0.1) is 5.92 Å². The van der Waals surface area contributed by atoms with Gasteiger partial charge in [0.2, 0.25) is 0 Å². The van der Waals surface area contributed by atoms with Crippen molar-refractivity contribution in [2.75, 3.05) is 5.33 Å². The largest absolute Gasteiger partial charge is 0.0928 e. The predicted octanol–water partition coefficient (Wildman–Crippen LogP) is 4.35. The van der Waals surface area contributed by atoms with Gasteiger partial charge in [0.25, 0.3) is 0 Å². The Balaban J connectivity index is 2.44. The molecule has 1 atom stereocenters. The van der Waals surface area contributed by atoms with Crippen LogP contribution in [0.1, 0.15) is 12.8 Å². The second-order valence-electron chi connectivity index (χ2n) is 2.49. The van der Waals surface area contributed by atoms with Crippen molar-refractivity contribution in [3.63, 3.8) is 0 Å². The Morgan fingerprint density at radius 1 is 1.36 bits per heavy atom. The molecule has 0 saturated heterocycles. The molecule has 62 valence electrons. The van der Waals surface area contributed by atoms with Crippen LogP contribution in [0.4, 0.5) is 0 Å². The lowest BCUT2D eigenvalue weighted by Gasteiger charge is -2.06. The Labute approximate surface area is 92.5 Å². The lowest BCUT2D eigenvalue weighted by atomic mass is 10.1. The highest BCUT2D eigenvalue weighted by atomic mass is 79.9. The Morgan fingerprint density at radius 2 is 2.09 bits per heavy atom. The van der Waals surface area contributed by atoms with Crippen molar-refractivity contribution >= 4 is 47.8 Å². The minimum atomic E-state index is 0.599. The molecular formula is C8H9Br3. The SMILES string of the molecule is BrCCCC1C=CC(Br)=C1Br. The van der Waals surface area contributed by atoms with Crippen LogP contribution in [-0.4, -0.2) is 5.33 Å². The molecule has 0 saturated carbocycles. The van der Waals surface area contributed by atoms with E-state index in [1.807, 2.05) is 0 Å². The topological polar surface area (TPSA) is 0 Å². The molecule has 0 aromatic carbocycles. The summed E-state index contributed by atoms with van der Waals surface area (Å²) >= 11 is 10.4. The van der Waals surface area contributed by atoms with Crippen LogP contribution < -0.4 is 0 Å². The van der Waals surface area contributed by atoms with Crippen molar-refractivity contribution in [3.8, 4) is 0 Å². The highest BCUT2D eigenvalue weighted by Crippen LogP contribution is 2.36. The predicted molar refractivity (Wildman–Crippen MR) is 60.5 cm³/mol. The Bertz CT molecular complexity index is 194. The molecule has 0 aliphatic heterocycles. The van der Waals surface area contributed by atoms with Crippen molar-refractivity contribution in [2.45, 2.75) is 12.8 Å². The number of alkyl halides is 1. The summed E-state index contributed by atoms with van der Waals surface area (Å²) in [6.45, 7) is 0. The number of hydrogen-bond acceptors (Lipinski definition) is 0. The molecule has 0 N–H and O–H groups in total. The summed E-state index contributed by atoms with van der Waals surface area (Å²) in [5.41, 5.74) is 0. The maximum absolute atomic E-state index is 3.56. The number of rotatable bonds is 3. The molecule has 0 bridgehead atoms. The van der Waals surface area contributed by atoms with Crippen LogP contribution in [0.5, 0.6) is 0 Å². The highest BCUT2D eigenvalue weighted by molar-refractivity contribution is 9.14. The monoisotopic (exact) mass is 342 g/mol. The first kappa shape index (κ1) is 10.0. The van der Waals surface area contributed by atoms with Gasteiger partial charge in [-0.25, -0.2) is 0 Å². The maximum atomic E-state index is 3.56. The molecule has 11 heavy (non-hydrogen) atoms. The summed E-state index contributed by atoms with van der Waals surface area (Å²) < 4.78 is 2.48. The van der Waals surface area contributed by atoms with E-state index < -0.39 is 0 Å². The lowest BCUT2D eigenvalue weighted by molar-refractivity contribution is 0.699. The molecule has 0 amide bonds. The van der Waals surface area contributed by atoms with E-state index in [2.05, 4.69) is 59.9 Å². The van der Waals surface area contributed by atoms with Gasteiger partial charge < -0.3 is 0 Å². The van der Waals surface area contributed by atoms with Gasteiger partial charge >= 0.3 is 0 Å². The molecule has 1 rings (SSSR count). The third-order valence-electron chi connectivity index (χ3n) is 1.68. The smallest absolute Gasteiger partial charge is 0.0279 e. The maximum Gasteiger partial charge on any atom is 0.0279 e. The van der Waals surface area contributed by atoms with Crippen LogP contribution in [0.2, 0.25) is 0 Å². The van der Waals surface area contributed by atoms with Gasteiger partial charge in [-0.2, -0.15) is 0 Å². The summed E-state index contributed by atoms with van der Waals surface area (Å²) in [6, 6.07) is 0. The average molecular weight is 345 g/mol. The lowest BCUT2D eigenvalue weighted by Crippen LogP contribution is -1.93. The minimum Gasteiger partial charge on any atom is -0.0928 e. The van der Waals surface area contributed by atoms with Crippen molar-refractivity contribution in [1.29, 1.82) is 0 Å². The van der Waals surface area contributed by atoms with E-state index in [9.17, 15) is 0 Å². The van der Waals surface area contributed by atoms with E-state index in [1.165, 1.54) is 21.8 Å². The molecule has 3 heteroatoms. The molecule has 0 spiro atoms. The van der Waals surface area contributed by atoms with Gasteiger partial charge in [0.1, 0.15) is 0 Å². The molecule has 0 radical (unpaired) electrons. The molecule has 1 aliphatic rings. The van der Waals surface area contributed by atoms with E-state index >= 15 is 0 Å². The first-order chi connectivity index (χ1) is 5.25. The van der Waals surface area contributed by atoms with E-state index in [0.29, 0.717) is 5.92 Å². The van der Waals surface area contributed by atoms with Crippen LogP contribution in [0.15, 0.2) is 21.1 Å². The fraction of sp³-hybridized carbons (Fsp3) is 0.500. The fourth-order valence-corrected chi connectivity index (χ4v) is 2.35. The normalized spacial score (nSPS) is 23.4. The molecule has 1 aliphatic carbocycles. The van der Waals surface area contributed by atoms with Crippen LogP contribution in [0.3, 0.4) is 0 Å². The number of allylic oxidation sites excluding steroid dienone is 4. The standard InChI is InChI=1S/C8H9Br3/c9-5-1-2-6-3-4-7(10)8(6)11/h3-4,6H,1-2,5H2. The fourth-order valence-electron chi connectivity index (χ4n) is 1.06. The molecule has 0 fully saturated rings. The van der Waals surface area contributed by atoms with Gasteiger partial charge in [-0.15, -0.1) is 0 Å². The van der Waals surface area contributed by atoms with E-state index in [1.54, 1.807) is 0 Å². The van der Waals surface area contributed by atoms with Crippen molar-refractivity contribution in [1.82, 2.24) is 0 Å². The highest BCUT2D eigenvalue weighted by Gasteiger charge is 2.15. The average Bonchev–Trinajstić information content (AvgIpc) is 2.31. The zero-order chi connectivity index (χ0) is 8.27.